The highest BCUT2D eigenvalue weighted by atomic mass is 16.5. The Hall–Kier alpha value is -2.95. The molecule has 0 aliphatic rings. The third kappa shape index (κ3) is 4.36. The first kappa shape index (κ1) is 17.9. The minimum atomic E-state index is -0.00266. The van der Waals surface area contributed by atoms with E-state index in [0.29, 0.717) is 31.0 Å². The molecule has 0 aliphatic heterocycles. The summed E-state index contributed by atoms with van der Waals surface area (Å²) in [6, 6.07) is 13.9. The summed E-state index contributed by atoms with van der Waals surface area (Å²) in [6.07, 6.45) is 1.65. The molecule has 5 nitrogen and oxygen atoms in total. The summed E-state index contributed by atoms with van der Waals surface area (Å²) in [4.78, 5) is 16.6. The molecule has 0 saturated heterocycles. The van der Waals surface area contributed by atoms with Crippen molar-refractivity contribution in [3.63, 3.8) is 0 Å². The Kier molecular flexibility index (Phi) is 5.46. The van der Waals surface area contributed by atoms with Crippen LogP contribution in [0.25, 0.3) is 11.4 Å². The highest BCUT2D eigenvalue weighted by Gasteiger charge is 2.10. The van der Waals surface area contributed by atoms with Gasteiger partial charge < -0.3 is 9.84 Å². The van der Waals surface area contributed by atoms with Crippen molar-refractivity contribution in [2.75, 3.05) is 5.32 Å². The van der Waals surface area contributed by atoms with Crippen LogP contribution in [0.5, 0.6) is 0 Å². The number of carbonyl (C=O) groups is 1. The number of carbonyl (C=O) groups excluding carboxylic acids is 1. The fraction of sp³-hybridized carbons (Fsp3) is 0.286. The van der Waals surface area contributed by atoms with Crippen LogP contribution in [0.2, 0.25) is 0 Å². The maximum atomic E-state index is 12.2. The molecular weight excluding hydrogens is 326 g/mol. The molecule has 0 fully saturated rings. The van der Waals surface area contributed by atoms with Crippen molar-refractivity contribution in [3.8, 4) is 11.4 Å². The molecule has 0 unspecified atom stereocenters. The third-order valence-corrected chi connectivity index (χ3v) is 4.42. The minimum Gasteiger partial charge on any atom is -0.339 e. The van der Waals surface area contributed by atoms with Gasteiger partial charge in [-0.05, 0) is 50.5 Å². The molecule has 3 aromatic rings. The maximum absolute atomic E-state index is 12.2. The predicted octanol–water partition coefficient (Wildman–Crippen LogP) is 4.62. The van der Waals surface area contributed by atoms with Crippen molar-refractivity contribution in [3.05, 3.63) is 65.0 Å². The van der Waals surface area contributed by atoms with Crippen molar-refractivity contribution in [1.82, 2.24) is 10.1 Å². The second-order valence-electron chi connectivity index (χ2n) is 6.53. The van der Waals surface area contributed by atoms with Gasteiger partial charge in [-0.1, -0.05) is 41.1 Å². The van der Waals surface area contributed by atoms with Gasteiger partial charge in [0.05, 0.1) is 0 Å². The Bertz CT molecular complexity index is 915. The Labute approximate surface area is 153 Å². The zero-order valence-electron chi connectivity index (χ0n) is 15.4. The standard InChI is InChI=1S/C21H23N3O2/c1-14-7-4-9-17(13-14)21-23-20(26-24-21)12-6-11-19(25)22-18-10-5-8-15(2)16(18)3/h4-5,7-10,13H,6,11-12H2,1-3H3,(H,22,25). The first-order chi connectivity index (χ1) is 12.5. The lowest BCUT2D eigenvalue weighted by Gasteiger charge is -2.09. The average molecular weight is 349 g/mol. The number of amides is 1. The van der Waals surface area contributed by atoms with Crippen LogP contribution < -0.4 is 5.32 Å². The van der Waals surface area contributed by atoms with Gasteiger partial charge >= 0.3 is 0 Å². The number of aromatic nitrogens is 2. The number of hydrogen-bond acceptors (Lipinski definition) is 4. The first-order valence-electron chi connectivity index (χ1n) is 8.78. The lowest BCUT2D eigenvalue weighted by atomic mass is 10.1. The van der Waals surface area contributed by atoms with Crippen molar-refractivity contribution in [2.24, 2.45) is 0 Å². The lowest BCUT2D eigenvalue weighted by molar-refractivity contribution is -0.116. The third-order valence-electron chi connectivity index (χ3n) is 4.42. The highest BCUT2D eigenvalue weighted by Crippen LogP contribution is 2.19. The molecule has 1 heterocycles. The van der Waals surface area contributed by atoms with Crippen LogP contribution in [0.15, 0.2) is 47.0 Å². The van der Waals surface area contributed by atoms with Gasteiger partial charge in [0.1, 0.15) is 0 Å². The number of nitrogens with one attached hydrogen (secondary N) is 1. The maximum Gasteiger partial charge on any atom is 0.226 e. The molecule has 0 radical (unpaired) electrons. The normalized spacial score (nSPS) is 10.7. The second kappa shape index (κ2) is 7.95. The van der Waals surface area contributed by atoms with Crippen LogP contribution in [0, 0.1) is 20.8 Å². The smallest absolute Gasteiger partial charge is 0.226 e. The molecule has 3 rings (SSSR count). The van der Waals surface area contributed by atoms with Crippen molar-refractivity contribution in [1.29, 1.82) is 0 Å². The molecule has 134 valence electrons. The molecule has 1 aromatic heterocycles. The van der Waals surface area contributed by atoms with E-state index in [4.69, 9.17) is 4.52 Å². The van der Waals surface area contributed by atoms with Gasteiger partial charge in [0.25, 0.3) is 0 Å². The van der Waals surface area contributed by atoms with E-state index in [-0.39, 0.29) is 5.91 Å². The summed E-state index contributed by atoms with van der Waals surface area (Å²) >= 11 is 0. The van der Waals surface area contributed by atoms with E-state index in [1.54, 1.807) is 0 Å². The van der Waals surface area contributed by atoms with E-state index >= 15 is 0 Å². The number of hydrogen-bond donors (Lipinski definition) is 1. The van der Waals surface area contributed by atoms with Crippen LogP contribution in [-0.2, 0) is 11.2 Å². The molecular formula is C21H23N3O2. The van der Waals surface area contributed by atoms with Crippen LogP contribution in [0.3, 0.4) is 0 Å². The van der Waals surface area contributed by atoms with Gasteiger partial charge in [-0.25, -0.2) is 0 Å². The van der Waals surface area contributed by atoms with Gasteiger partial charge in [0.2, 0.25) is 17.6 Å². The molecule has 0 bridgehead atoms. The van der Waals surface area contributed by atoms with Gasteiger partial charge in [-0.3, -0.25) is 4.79 Å². The molecule has 1 amide bonds. The van der Waals surface area contributed by atoms with Gasteiger partial charge in [-0.15, -0.1) is 0 Å². The van der Waals surface area contributed by atoms with Crippen molar-refractivity contribution >= 4 is 11.6 Å². The molecule has 0 atom stereocenters. The zero-order chi connectivity index (χ0) is 18.5. The summed E-state index contributed by atoms with van der Waals surface area (Å²) < 4.78 is 5.30. The topological polar surface area (TPSA) is 68.0 Å². The average Bonchev–Trinajstić information content (AvgIpc) is 3.08. The number of anilines is 1. The van der Waals surface area contributed by atoms with Crippen LogP contribution in [-0.4, -0.2) is 16.0 Å². The molecule has 0 spiro atoms. The predicted molar refractivity (Wildman–Crippen MR) is 102 cm³/mol. The zero-order valence-corrected chi connectivity index (χ0v) is 15.4. The summed E-state index contributed by atoms with van der Waals surface area (Å²) in [5.41, 5.74) is 5.22. The molecule has 26 heavy (non-hydrogen) atoms. The molecule has 0 aliphatic carbocycles. The fourth-order valence-corrected chi connectivity index (χ4v) is 2.76. The lowest BCUT2D eigenvalue weighted by Crippen LogP contribution is -2.12. The first-order valence-corrected chi connectivity index (χ1v) is 8.78. The van der Waals surface area contributed by atoms with E-state index in [0.717, 1.165) is 27.9 Å². The number of aryl methyl sites for hydroxylation is 3. The summed E-state index contributed by atoms with van der Waals surface area (Å²) in [6.45, 7) is 6.07. The van der Waals surface area contributed by atoms with Crippen LogP contribution in [0.1, 0.15) is 35.4 Å². The number of benzene rings is 2. The number of rotatable bonds is 6. The van der Waals surface area contributed by atoms with Crippen LogP contribution >= 0.6 is 0 Å². The Morgan fingerprint density at radius 2 is 1.92 bits per heavy atom. The Morgan fingerprint density at radius 3 is 2.73 bits per heavy atom. The van der Waals surface area contributed by atoms with Crippen molar-refractivity contribution < 1.29 is 9.32 Å². The van der Waals surface area contributed by atoms with Gasteiger partial charge in [0, 0.05) is 24.1 Å². The van der Waals surface area contributed by atoms with E-state index in [9.17, 15) is 4.79 Å². The van der Waals surface area contributed by atoms with E-state index in [2.05, 4.69) is 15.5 Å². The van der Waals surface area contributed by atoms with Crippen LogP contribution in [0.4, 0.5) is 5.69 Å². The van der Waals surface area contributed by atoms with E-state index in [1.807, 2.05) is 63.2 Å². The Morgan fingerprint density at radius 1 is 1.12 bits per heavy atom. The van der Waals surface area contributed by atoms with Gasteiger partial charge in [-0.2, -0.15) is 4.98 Å². The van der Waals surface area contributed by atoms with E-state index in [1.165, 1.54) is 0 Å². The quantitative estimate of drug-likeness (QED) is 0.705. The largest absolute Gasteiger partial charge is 0.339 e. The molecule has 5 heteroatoms. The van der Waals surface area contributed by atoms with E-state index < -0.39 is 0 Å². The minimum absolute atomic E-state index is 0.00266. The summed E-state index contributed by atoms with van der Waals surface area (Å²) in [7, 11) is 0. The van der Waals surface area contributed by atoms with Crippen molar-refractivity contribution in [2.45, 2.75) is 40.0 Å². The monoisotopic (exact) mass is 349 g/mol. The second-order valence-corrected chi connectivity index (χ2v) is 6.53. The van der Waals surface area contributed by atoms with Gasteiger partial charge in [0.15, 0.2) is 0 Å². The number of nitrogens with zero attached hydrogens (tertiary/aromatic N) is 2. The summed E-state index contributed by atoms with van der Waals surface area (Å²) in [5.74, 6) is 1.14. The highest BCUT2D eigenvalue weighted by molar-refractivity contribution is 5.91. The Balaban J connectivity index is 1.52. The molecule has 1 N–H and O–H groups in total. The molecule has 2 aromatic carbocycles. The SMILES string of the molecule is Cc1cccc(-c2noc(CCCC(=O)Nc3cccc(C)c3C)n2)c1. The molecule has 0 saturated carbocycles. The summed E-state index contributed by atoms with van der Waals surface area (Å²) in [5, 5.41) is 7.00. The fourth-order valence-electron chi connectivity index (χ4n) is 2.76.